The summed E-state index contributed by atoms with van der Waals surface area (Å²) in [6.45, 7) is -0.0601. The first-order valence-corrected chi connectivity index (χ1v) is 11.2. The quantitative estimate of drug-likeness (QED) is 0.672. The summed E-state index contributed by atoms with van der Waals surface area (Å²) in [5, 5.41) is 2.78. The van der Waals surface area contributed by atoms with E-state index >= 15 is 0 Å². The van der Waals surface area contributed by atoms with Crippen LogP contribution in [0.25, 0.3) is 0 Å². The van der Waals surface area contributed by atoms with Crippen LogP contribution in [0.15, 0.2) is 48.5 Å². The zero-order chi connectivity index (χ0) is 21.4. The number of ether oxygens (including phenoxy) is 2. The third kappa shape index (κ3) is 4.06. The zero-order valence-corrected chi connectivity index (χ0v) is 17.9. The van der Waals surface area contributed by atoms with Gasteiger partial charge in [0, 0.05) is 5.69 Å². The second kappa shape index (κ2) is 8.03. The Balaban J connectivity index is 1.16. The molecule has 31 heavy (non-hydrogen) atoms. The van der Waals surface area contributed by atoms with Crippen molar-refractivity contribution in [1.29, 1.82) is 0 Å². The van der Waals surface area contributed by atoms with Crippen LogP contribution in [0.5, 0.6) is 5.75 Å². The van der Waals surface area contributed by atoms with E-state index in [9.17, 15) is 9.59 Å². The van der Waals surface area contributed by atoms with Crippen LogP contribution in [0.4, 0.5) is 5.69 Å². The topological polar surface area (TPSA) is 64.6 Å². The molecule has 4 aliphatic carbocycles. The molecule has 2 aromatic rings. The third-order valence-electron chi connectivity index (χ3n) is 7.46. The number of carbonyl (C=O) groups excluding carboxylic acids is 2. The van der Waals surface area contributed by atoms with E-state index in [2.05, 4.69) is 22.2 Å². The van der Waals surface area contributed by atoms with Crippen molar-refractivity contribution < 1.29 is 19.1 Å². The number of rotatable bonds is 6. The number of hydrogen-bond acceptors (Lipinski definition) is 4. The summed E-state index contributed by atoms with van der Waals surface area (Å²) in [5.74, 6) is 2.84. The Kier molecular flexibility index (Phi) is 5.20. The zero-order valence-electron chi connectivity index (χ0n) is 17.9. The highest BCUT2D eigenvalue weighted by Gasteiger charge is 2.51. The van der Waals surface area contributed by atoms with Gasteiger partial charge in [0.15, 0.2) is 6.61 Å². The van der Waals surface area contributed by atoms with Gasteiger partial charge in [-0.3, -0.25) is 4.79 Å². The lowest BCUT2D eigenvalue weighted by Crippen LogP contribution is -2.48. The molecule has 5 heteroatoms. The lowest BCUT2D eigenvalue weighted by Gasteiger charge is -2.57. The average molecular weight is 420 g/mol. The molecule has 4 saturated carbocycles. The lowest BCUT2D eigenvalue weighted by atomic mass is 9.48. The van der Waals surface area contributed by atoms with Crippen molar-refractivity contribution in [3.63, 3.8) is 0 Å². The second-order valence-electron chi connectivity index (χ2n) is 9.63. The molecule has 0 radical (unpaired) electrons. The fourth-order valence-corrected chi connectivity index (χ4v) is 6.52. The maximum Gasteiger partial charge on any atom is 0.337 e. The molecular formula is C26H29NO4. The maximum absolute atomic E-state index is 12.2. The summed E-state index contributed by atoms with van der Waals surface area (Å²) in [6, 6.07) is 15.0. The highest BCUT2D eigenvalue weighted by atomic mass is 16.5. The molecule has 4 bridgehead atoms. The van der Waals surface area contributed by atoms with Crippen molar-refractivity contribution >= 4 is 17.6 Å². The fourth-order valence-electron chi connectivity index (χ4n) is 6.52. The van der Waals surface area contributed by atoms with Gasteiger partial charge in [-0.05, 0) is 104 Å². The average Bonchev–Trinajstić information content (AvgIpc) is 2.77. The highest BCUT2D eigenvalue weighted by molar-refractivity contribution is 5.93. The van der Waals surface area contributed by atoms with Crippen LogP contribution in [0, 0.1) is 17.8 Å². The van der Waals surface area contributed by atoms with Crippen LogP contribution in [-0.4, -0.2) is 25.6 Å². The predicted octanol–water partition coefficient (Wildman–Crippen LogP) is 4.96. The fraction of sp³-hybridized carbons (Fsp3) is 0.462. The monoisotopic (exact) mass is 419 g/mol. The first kappa shape index (κ1) is 20.1. The summed E-state index contributed by atoms with van der Waals surface area (Å²) in [7, 11) is 1.34. The molecule has 1 N–H and O–H groups in total. The number of methoxy groups -OCH3 is 1. The maximum atomic E-state index is 12.2. The number of nitrogens with one attached hydrogen (secondary N) is 1. The van der Waals surface area contributed by atoms with Gasteiger partial charge in [0.1, 0.15) is 5.75 Å². The van der Waals surface area contributed by atoms with Crippen LogP contribution in [0.1, 0.15) is 54.4 Å². The molecule has 6 rings (SSSR count). The largest absolute Gasteiger partial charge is 0.484 e. The summed E-state index contributed by atoms with van der Waals surface area (Å²) < 4.78 is 10.4. The Labute approximate surface area is 183 Å². The summed E-state index contributed by atoms with van der Waals surface area (Å²) in [6.07, 6.45) is 8.37. The smallest absolute Gasteiger partial charge is 0.337 e. The first-order valence-electron chi connectivity index (χ1n) is 11.2. The van der Waals surface area contributed by atoms with E-state index in [-0.39, 0.29) is 12.5 Å². The van der Waals surface area contributed by atoms with Crippen LogP contribution >= 0.6 is 0 Å². The van der Waals surface area contributed by atoms with E-state index in [1.54, 1.807) is 24.3 Å². The molecule has 162 valence electrons. The van der Waals surface area contributed by atoms with Gasteiger partial charge >= 0.3 is 5.97 Å². The Bertz CT molecular complexity index is 929. The molecule has 0 aliphatic heterocycles. The number of benzene rings is 2. The Morgan fingerprint density at radius 3 is 2.03 bits per heavy atom. The molecule has 0 aromatic heterocycles. The van der Waals surface area contributed by atoms with Gasteiger partial charge < -0.3 is 14.8 Å². The number of carbonyl (C=O) groups is 2. The molecule has 0 saturated heterocycles. The van der Waals surface area contributed by atoms with Crippen LogP contribution in [-0.2, 0) is 14.9 Å². The van der Waals surface area contributed by atoms with E-state index in [4.69, 9.17) is 4.74 Å². The Morgan fingerprint density at radius 1 is 0.903 bits per heavy atom. The van der Waals surface area contributed by atoms with Crippen molar-refractivity contribution in [1.82, 2.24) is 0 Å². The minimum atomic E-state index is -0.404. The van der Waals surface area contributed by atoms with Crippen LogP contribution < -0.4 is 10.1 Å². The minimum Gasteiger partial charge on any atom is -0.484 e. The summed E-state index contributed by atoms with van der Waals surface area (Å²) >= 11 is 0. The van der Waals surface area contributed by atoms with E-state index in [0.29, 0.717) is 22.4 Å². The van der Waals surface area contributed by atoms with E-state index in [1.165, 1.54) is 51.2 Å². The number of hydrogen-bond donors (Lipinski definition) is 1. The van der Waals surface area contributed by atoms with Crippen molar-refractivity contribution in [2.75, 3.05) is 19.0 Å². The summed E-state index contributed by atoms with van der Waals surface area (Å²) in [5.41, 5.74) is 2.88. The van der Waals surface area contributed by atoms with E-state index in [1.807, 2.05) is 12.1 Å². The normalized spacial score (nSPS) is 28.2. The number of amides is 1. The van der Waals surface area contributed by atoms with Gasteiger partial charge in [0.25, 0.3) is 5.91 Å². The van der Waals surface area contributed by atoms with Crippen molar-refractivity contribution in [3.05, 3.63) is 59.7 Å². The van der Waals surface area contributed by atoms with Crippen molar-refractivity contribution in [2.24, 2.45) is 17.8 Å². The molecule has 0 atom stereocenters. The van der Waals surface area contributed by atoms with Crippen LogP contribution in [0.3, 0.4) is 0 Å². The molecular weight excluding hydrogens is 390 g/mol. The minimum absolute atomic E-state index is 0.0601. The van der Waals surface area contributed by atoms with Gasteiger partial charge in [-0.15, -0.1) is 0 Å². The third-order valence-corrected chi connectivity index (χ3v) is 7.46. The SMILES string of the molecule is COC(=O)c1ccc(NC(=O)COc2ccc(C34CC5CC(CC(C5)C3)C4)cc2)cc1. The Morgan fingerprint density at radius 2 is 1.48 bits per heavy atom. The van der Waals surface area contributed by atoms with Gasteiger partial charge in [0.05, 0.1) is 12.7 Å². The highest BCUT2D eigenvalue weighted by Crippen LogP contribution is 2.60. The lowest BCUT2D eigenvalue weighted by molar-refractivity contribution is -0.118. The second-order valence-corrected chi connectivity index (χ2v) is 9.63. The van der Waals surface area contributed by atoms with Crippen LogP contribution in [0.2, 0.25) is 0 Å². The molecule has 0 heterocycles. The molecule has 4 fully saturated rings. The van der Waals surface area contributed by atoms with Gasteiger partial charge in [-0.1, -0.05) is 12.1 Å². The molecule has 1 amide bonds. The number of esters is 1. The molecule has 0 spiro atoms. The van der Waals surface area contributed by atoms with Gasteiger partial charge in [-0.2, -0.15) is 0 Å². The van der Waals surface area contributed by atoms with Crippen molar-refractivity contribution in [2.45, 2.75) is 43.9 Å². The summed E-state index contributed by atoms with van der Waals surface area (Å²) in [4.78, 5) is 23.7. The van der Waals surface area contributed by atoms with E-state index < -0.39 is 5.97 Å². The Hall–Kier alpha value is -2.82. The molecule has 4 aliphatic rings. The standard InChI is InChI=1S/C26H29NO4/c1-30-25(29)20-2-6-22(7-3-20)27-24(28)16-31-23-8-4-21(5-9-23)26-13-17-10-18(14-26)12-19(11-17)15-26/h2-9,17-19H,10-16H2,1H3,(H,27,28). The molecule has 5 nitrogen and oxygen atoms in total. The van der Waals surface area contributed by atoms with Gasteiger partial charge in [-0.25, -0.2) is 4.79 Å². The number of anilines is 1. The van der Waals surface area contributed by atoms with E-state index in [0.717, 1.165) is 17.8 Å². The van der Waals surface area contributed by atoms with Gasteiger partial charge in [0.2, 0.25) is 0 Å². The van der Waals surface area contributed by atoms with Crippen molar-refractivity contribution in [3.8, 4) is 5.75 Å². The molecule has 0 unspecified atom stereocenters. The molecule has 2 aromatic carbocycles. The predicted molar refractivity (Wildman–Crippen MR) is 118 cm³/mol. The first-order chi connectivity index (χ1) is 15.0.